The van der Waals surface area contributed by atoms with Crippen LogP contribution in [0.4, 0.5) is 4.79 Å². The number of carbonyl (C=O) groups is 4. The average molecular weight is 1280 g/mol. The van der Waals surface area contributed by atoms with E-state index < -0.39 is 154 Å². The maximum atomic E-state index is 16.1. The summed E-state index contributed by atoms with van der Waals surface area (Å²) < 4.78 is 95.2. The van der Waals surface area contributed by atoms with E-state index in [-0.39, 0.29) is 67.0 Å². The number of amides is 1. The van der Waals surface area contributed by atoms with Crippen LogP contribution in [-0.4, -0.2) is 191 Å². The number of esters is 2. The number of ketones is 1. The van der Waals surface area contributed by atoms with Crippen LogP contribution in [0.1, 0.15) is 156 Å². The lowest BCUT2D eigenvalue weighted by Crippen LogP contribution is -2.57. The Labute approximate surface area is 529 Å². The van der Waals surface area contributed by atoms with Crippen molar-refractivity contribution in [3.05, 3.63) is 30.3 Å². The fourth-order valence-corrected chi connectivity index (χ4v) is 14.6. The van der Waals surface area contributed by atoms with Gasteiger partial charge in [-0.25, -0.2) is 17.9 Å². The Kier molecular flexibility index (Phi) is 26.9. The Morgan fingerprint density at radius 3 is 2.16 bits per heavy atom. The van der Waals surface area contributed by atoms with Crippen molar-refractivity contribution < 1.29 is 90.0 Å². The molecule has 0 aromatic heterocycles. The van der Waals surface area contributed by atoms with E-state index in [0.29, 0.717) is 25.3 Å². The van der Waals surface area contributed by atoms with Gasteiger partial charge in [0.25, 0.3) is 0 Å². The van der Waals surface area contributed by atoms with Crippen LogP contribution in [0.3, 0.4) is 0 Å². The number of nitrogens with zero attached hydrogens (tertiary/aromatic N) is 2. The van der Waals surface area contributed by atoms with Crippen molar-refractivity contribution in [1.82, 2.24) is 14.9 Å². The van der Waals surface area contributed by atoms with E-state index in [0.717, 1.165) is 6.54 Å². The van der Waals surface area contributed by atoms with Crippen LogP contribution >= 0.6 is 0 Å². The summed E-state index contributed by atoms with van der Waals surface area (Å²) in [4.78, 5) is 68.3. The molecule has 24 heteroatoms. The van der Waals surface area contributed by atoms with Crippen LogP contribution in [0.15, 0.2) is 40.4 Å². The molecular formula is C65H108N4O19S. The lowest BCUT2D eigenvalue weighted by molar-refractivity contribution is -0.285. The first kappa shape index (κ1) is 74.1. The molecule has 1 aliphatic carbocycles. The minimum absolute atomic E-state index is 0.0205. The zero-order chi connectivity index (χ0) is 66.0. The monoisotopic (exact) mass is 1280 g/mol. The molecule has 6 rings (SSSR count). The minimum Gasteiger partial charge on any atom is -0.461 e. The highest BCUT2D eigenvalue weighted by molar-refractivity contribution is 7.89. The summed E-state index contributed by atoms with van der Waals surface area (Å²) in [6, 6.07) is 7.80. The molecule has 1 unspecified atom stereocenters. The molecule has 23 nitrogen and oxygen atoms in total. The van der Waals surface area contributed by atoms with Gasteiger partial charge >= 0.3 is 18.0 Å². The molecular weight excluding hydrogens is 1170 g/mol. The number of cyclic esters (lactones) is 1. The van der Waals surface area contributed by atoms with Crippen molar-refractivity contribution in [2.24, 2.45) is 58.4 Å². The number of nitrogens with one attached hydrogen (secondary N) is 2. The van der Waals surface area contributed by atoms with Gasteiger partial charge in [0.1, 0.15) is 31.5 Å². The van der Waals surface area contributed by atoms with Crippen molar-refractivity contribution in [3.63, 3.8) is 0 Å². The second-order valence-electron chi connectivity index (χ2n) is 27.6. The van der Waals surface area contributed by atoms with Gasteiger partial charge in [-0.05, 0) is 111 Å². The fraction of sp³-hybridized carbons (Fsp3) is 0.831. The number of carbonyl (C=O) groups excluding carboxylic acids is 4. The van der Waals surface area contributed by atoms with E-state index in [9.17, 15) is 28.2 Å². The molecule has 4 N–H and O–H groups in total. The van der Waals surface area contributed by atoms with Crippen molar-refractivity contribution in [2.75, 3.05) is 40.5 Å². The van der Waals surface area contributed by atoms with E-state index in [2.05, 4.69) is 27.0 Å². The van der Waals surface area contributed by atoms with Crippen LogP contribution in [0, 0.1) is 53.3 Å². The molecule has 5 fully saturated rings. The summed E-state index contributed by atoms with van der Waals surface area (Å²) >= 11 is 0. The lowest BCUT2D eigenvalue weighted by atomic mass is 9.74. The number of ether oxygens (including phenoxy) is 10. The molecule has 508 valence electrons. The molecule has 1 aromatic carbocycles. The van der Waals surface area contributed by atoms with Crippen LogP contribution < -0.4 is 10.0 Å². The minimum atomic E-state index is -4.03. The third kappa shape index (κ3) is 19.8. The van der Waals surface area contributed by atoms with E-state index in [1.807, 2.05) is 41.5 Å². The Hall–Kier alpha value is -3.92. The van der Waals surface area contributed by atoms with E-state index >= 15 is 9.59 Å². The average Bonchev–Trinajstić information content (AvgIpc) is 1.70. The predicted octanol–water partition coefficient (Wildman–Crippen LogP) is 7.56. The number of benzene rings is 1. The molecule has 22 atom stereocenters. The third-order valence-corrected chi connectivity index (χ3v) is 19.9. The highest BCUT2D eigenvalue weighted by atomic mass is 32.2. The fourth-order valence-electron chi connectivity index (χ4n) is 13.4. The molecule has 1 aromatic rings. The van der Waals surface area contributed by atoms with Crippen molar-refractivity contribution in [2.45, 2.75) is 258 Å². The number of hydrogen-bond acceptors (Lipinski definition) is 21. The molecule has 0 spiro atoms. The van der Waals surface area contributed by atoms with Crippen molar-refractivity contribution >= 4 is 39.6 Å². The molecule has 0 radical (unpaired) electrons. The number of alkyl carbamates (subject to hydrolysis) is 1. The van der Waals surface area contributed by atoms with Gasteiger partial charge in [0.2, 0.25) is 10.0 Å². The van der Waals surface area contributed by atoms with Crippen LogP contribution in [0.2, 0.25) is 0 Å². The standard InChI is InChI=1S/C65H108N4O19S/c1-19-48-58(78-17)52(71)45(13)83-61(48)80-33-37(5)55-42(10)56(84-50(70)27-35(2)3)43(11)59(73)65(16,88-63(75)67-64(14,15)34-66-89(76,77)47-23-21-20-22-24-47)30-36(4)54(87-62-53(72)49(68-79-18)29-39(7)82-62)41(9)57(44(12)60(74)86-55)85-51-28-38(6)69(31-40(8)81-51)32-46-25-26-46/h20-24,35-46,48,51-58,61-62,66,71-72H,19,25-34H2,1-18H3,(H,67,75)/b68-49+/t36-,37-,38+,39+,40-,41+,42-,43+,44+,45+,48+,51?,52+,53+,54-,55+,56+,57-,58-,61+,62-,65-/m0/s1. The van der Waals surface area contributed by atoms with Gasteiger partial charge in [-0.1, -0.05) is 78.7 Å². The molecule has 4 aliphatic heterocycles. The van der Waals surface area contributed by atoms with Gasteiger partial charge < -0.3 is 67.7 Å². The second-order valence-corrected chi connectivity index (χ2v) is 29.4. The summed E-state index contributed by atoms with van der Waals surface area (Å²) in [5, 5.41) is 30.0. The van der Waals surface area contributed by atoms with Crippen molar-refractivity contribution in [1.29, 1.82) is 0 Å². The summed E-state index contributed by atoms with van der Waals surface area (Å²) in [6.45, 7) is 29.7. The first-order valence-corrected chi connectivity index (χ1v) is 33.8. The number of Topliss-reactive ketones (excluding diaryl/α,β-unsaturated/α-hetero) is 1. The van der Waals surface area contributed by atoms with E-state index in [4.69, 9.17) is 52.2 Å². The Bertz CT molecular complexity index is 2600. The maximum absolute atomic E-state index is 16.1. The number of oxime groups is 1. The first-order valence-electron chi connectivity index (χ1n) is 32.3. The number of methoxy groups -OCH3 is 1. The number of rotatable bonds is 22. The molecule has 89 heavy (non-hydrogen) atoms. The zero-order valence-electron chi connectivity index (χ0n) is 56.1. The topological polar surface area (TPSA) is 284 Å². The summed E-state index contributed by atoms with van der Waals surface area (Å²) in [7, 11) is -1.13. The maximum Gasteiger partial charge on any atom is 0.408 e. The van der Waals surface area contributed by atoms with Gasteiger partial charge in [-0.2, -0.15) is 0 Å². The van der Waals surface area contributed by atoms with Gasteiger partial charge in [0, 0.05) is 75.7 Å². The Morgan fingerprint density at radius 2 is 1.54 bits per heavy atom. The normalized spacial score (nSPS) is 37.6. The number of sulfonamides is 1. The number of aliphatic hydroxyl groups excluding tert-OH is 2. The quantitative estimate of drug-likeness (QED) is 0.0495. The highest BCUT2D eigenvalue weighted by Gasteiger charge is 2.53. The zero-order valence-corrected chi connectivity index (χ0v) is 56.9. The molecule has 0 bridgehead atoms. The number of aliphatic hydroxyl groups is 2. The largest absolute Gasteiger partial charge is 0.461 e. The van der Waals surface area contributed by atoms with Gasteiger partial charge in [-0.15, -0.1) is 0 Å². The smallest absolute Gasteiger partial charge is 0.408 e. The summed E-state index contributed by atoms with van der Waals surface area (Å²) in [5.74, 6) is -7.61. The predicted molar refractivity (Wildman–Crippen MR) is 330 cm³/mol. The van der Waals surface area contributed by atoms with Crippen LogP contribution in [-0.2, 0) is 76.6 Å². The second kappa shape index (κ2) is 32.3. The van der Waals surface area contributed by atoms with Gasteiger partial charge in [0.05, 0.1) is 71.2 Å². The van der Waals surface area contributed by atoms with E-state index in [1.54, 1.807) is 73.6 Å². The van der Waals surface area contributed by atoms with Crippen LogP contribution in [0.5, 0.6) is 0 Å². The summed E-state index contributed by atoms with van der Waals surface area (Å²) in [5.41, 5.74) is -3.15. The molecule has 1 saturated carbocycles. The Morgan fingerprint density at radius 1 is 0.865 bits per heavy atom. The SMILES string of the molecule is CC[C@H]1[C@H](OC[C@H](C)[C@H]2OC(=O)[C@H](C)[C@@H](OC3C[C@@H](C)N(CC4CC4)C[C@H](C)O3)[C@H](C)[C@@H](O[C@@H]3O[C@H](C)C/C(=N\OC)[C@H]3O)[C@@H](C)C[C@](C)(OC(=O)NC(C)(C)CNS(=O)(=O)c3ccccc3)C(=O)[C@H](C)[C@H](OC(=O)CC(C)C)[C@H]2C)O[C@H](C)[C@@H](O)[C@H]1OC. The van der Waals surface area contributed by atoms with E-state index in [1.165, 1.54) is 46.1 Å². The van der Waals surface area contributed by atoms with Crippen LogP contribution in [0.25, 0.3) is 0 Å². The van der Waals surface area contributed by atoms with Gasteiger partial charge in [0.15, 0.2) is 30.3 Å². The third-order valence-electron chi connectivity index (χ3n) is 18.5. The number of hydrogen-bond donors (Lipinski definition) is 4. The molecule has 1 amide bonds. The Balaban J connectivity index is 1.50. The van der Waals surface area contributed by atoms with Gasteiger partial charge in [-0.3, -0.25) is 19.3 Å². The molecule has 4 heterocycles. The lowest BCUT2D eigenvalue weighted by Gasteiger charge is -2.45. The first-order chi connectivity index (χ1) is 41.7. The molecule has 4 saturated heterocycles. The van der Waals surface area contributed by atoms with Crippen molar-refractivity contribution in [3.8, 4) is 0 Å². The molecule has 5 aliphatic rings. The highest BCUT2D eigenvalue weighted by Crippen LogP contribution is 2.41. The summed E-state index contributed by atoms with van der Waals surface area (Å²) in [6.07, 6.45) is -9.97.